The van der Waals surface area contributed by atoms with Crippen LogP contribution in [0.25, 0.3) is 6.08 Å². The molecule has 1 aliphatic rings. The van der Waals surface area contributed by atoms with Gasteiger partial charge in [0.05, 0.1) is 14.2 Å². The van der Waals surface area contributed by atoms with Crippen molar-refractivity contribution in [3.05, 3.63) is 59.1 Å². The van der Waals surface area contributed by atoms with Crippen molar-refractivity contribution < 1.29 is 9.90 Å². The first kappa shape index (κ1) is 20.7. The van der Waals surface area contributed by atoms with Crippen LogP contribution in [0.3, 0.4) is 0 Å². The summed E-state index contributed by atoms with van der Waals surface area (Å²) in [5.41, 5.74) is 3.72. The van der Waals surface area contributed by atoms with Gasteiger partial charge in [0, 0.05) is 15.7 Å². The van der Waals surface area contributed by atoms with Gasteiger partial charge in [0.25, 0.3) is 5.91 Å². The molecular weight excluding hydrogens is 586 g/mol. The number of benzene rings is 2. The minimum Gasteiger partial charge on any atom is -0.506 e. The molecule has 1 amide bonds. The minimum absolute atomic E-state index is 0.0835. The molecule has 1 heterocycles. The largest absolute Gasteiger partial charge is 0.506 e. The summed E-state index contributed by atoms with van der Waals surface area (Å²) in [5, 5.41) is 11.0. The van der Waals surface area contributed by atoms with Crippen molar-refractivity contribution in [3.63, 3.8) is 0 Å². The van der Waals surface area contributed by atoms with E-state index < -0.39 is 0 Å². The van der Waals surface area contributed by atoms with Crippen LogP contribution in [-0.4, -0.2) is 27.6 Å². The van der Waals surface area contributed by atoms with E-state index in [0.717, 1.165) is 24.0 Å². The van der Waals surface area contributed by atoms with Crippen LogP contribution >= 0.6 is 56.9 Å². The molecule has 0 atom stereocenters. The Morgan fingerprint density at radius 3 is 2.67 bits per heavy atom. The lowest BCUT2D eigenvalue weighted by molar-refractivity contribution is -0.122. The molecule has 0 aliphatic carbocycles. The molecule has 1 saturated heterocycles. The van der Waals surface area contributed by atoms with Crippen molar-refractivity contribution in [1.29, 1.82) is 0 Å². The number of aryl methyl sites for hydroxylation is 2. The zero-order chi connectivity index (χ0) is 19.7. The summed E-state index contributed by atoms with van der Waals surface area (Å²) < 4.78 is 1.77. The topological polar surface area (TPSA) is 52.9 Å². The number of phenols is 1. The highest BCUT2D eigenvalue weighted by Gasteiger charge is 2.32. The fourth-order valence-electron chi connectivity index (χ4n) is 2.65. The Balaban J connectivity index is 2.03. The monoisotopic (exact) mass is 604 g/mol. The standard InChI is InChI=1S/C20H18I2N2O2S/c1-4-24-19(26)17(9-13-8-14(21)10-15(22)18(13)25)27-20(24)23-16-7-11(2)5-6-12(16)3/h5-10,25H,4H2,1-3H3/b17-9+,23-20?. The maximum atomic E-state index is 12.8. The van der Waals surface area contributed by atoms with Crippen LogP contribution in [-0.2, 0) is 4.79 Å². The van der Waals surface area contributed by atoms with Crippen molar-refractivity contribution in [2.24, 2.45) is 4.99 Å². The first-order valence-corrected chi connectivity index (χ1v) is 11.3. The predicted molar refractivity (Wildman–Crippen MR) is 130 cm³/mol. The van der Waals surface area contributed by atoms with E-state index >= 15 is 0 Å². The first-order valence-electron chi connectivity index (χ1n) is 8.35. The van der Waals surface area contributed by atoms with Crippen LogP contribution in [0.15, 0.2) is 40.2 Å². The van der Waals surface area contributed by atoms with Gasteiger partial charge in [-0.25, -0.2) is 4.99 Å². The zero-order valence-electron chi connectivity index (χ0n) is 15.1. The number of thioether (sulfide) groups is 1. The summed E-state index contributed by atoms with van der Waals surface area (Å²) in [7, 11) is 0. The van der Waals surface area contributed by atoms with E-state index in [-0.39, 0.29) is 11.7 Å². The van der Waals surface area contributed by atoms with Crippen molar-refractivity contribution in [2.75, 3.05) is 6.54 Å². The molecule has 0 bridgehead atoms. The van der Waals surface area contributed by atoms with E-state index in [0.29, 0.717) is 22.2 Å². The number of phenolic OH excluding ortho intramolecular Hbond substituents is 1. The van der Waals surface area contributed by atoms with Gasteiger partial charge in [-0.05, 0) is 113 Å². The van der Waals surface area contributed by atoms with Gasteiger partial charge >= 0.3 is 0 Å². The fourth-order valence-corrected chi connectivity index (χ4v) is 5.59. The Hall–Kier alpha value is -1.07. The number of rotatable bonds is 3. The number of amides is 1. The average Bonchev–Trinajstić information content (AvgIpc) is 2.90. The smallest absolute Gasteiger partial charge is 0.266 e. The molecule has 2 aromatic rings. The fraction of sp³-hybridized carbons (Fsp3) is 0.200. The molecule has 1 N–H and O–H groups in total. The molecule has 0 aromatic heterocycles. The van der Waals surface area contributed by atoms with Gasteiger partial charge in [0.2, 0.25) is 0 Å². The van der Waals surface area contributed by atoms with Gasteiger partial charge < -0.3 is 5.11 Å². The third kappa shape index (κ3) is 4.51. The summed E-state index contributed by atoms with van der Waals surface area (Å²) in [5.74, 6) is 0.111. The summed E-state index contributed by atoms with van der Waals surface area (Å²) in [6.45, 7) is 6.52. The molecule has 1 aliphatic heterocycles. The second-order valence-corrected chi connectivity index (χ2v) is 9.59. The number of carbonyl (C=O) groups is 1. The second-order valence-electron chi connectivity index (χ2n) is 6.17. The zero-order valence-corrected chi connectivity index (χ0v) is 20.2. The SMILES string of the molecule is CCN1C(=O)/C(=C\c2cc(I)cc(I)c2O)SC1=Nc1cc(C)ccc1C. The van der Waals surface area contributed by atoms with E-state index in [2.05, 4.69) is 51.2 Å². The number of aromatic hydroxyl groups is 1. The lowest BCUT2D eigenvalue weighted by Gasteiger charge is -2.12. The number of halogens is 2. The highest BCUT2D eigenvalue weighted by atomic mass is 127. The maximum Gasteiger partial charge on any atom is 0.266 e. The van der Waals surface area contributed by atoms with Crippen LogP contribution in [0.2, 0.25) is 0 Å². The van der Waals surface area contributed by atoms with Gasteiger partial charge in [-0.3, -0.25) is 9.69 Å². The number of amidine groups is 1. The van der Waals surface area contributed by atoms with Crippen molar-refractivity contribution in [1.82, 2.24) is 4.90 Å². The molecule has 1 fully saturated rings. The number of nitrogens with zero attached hydrogens (tertiary/aromatic N) is 2. The third-order valence-corrected chi connectivity index (χ3v) is 6.58. The maximum absolute atomic E-state index is 12.8. The second kappa shape index (κ2) is 8.52. The first-order chi connectivity index (χ1) is 12.8. The normalized spacial score (nSPS) is 17.4. The predicted octanol–water partition coefficient (Wildman–Crippen LogP) is 5.84. The molecule has 140 valence electrons. The summed E-state index contributed by atoms with van der Waals surface area (Å²) >= 11 is 5.65. The molecule has 0 unspecified atom stereocenters. The van der Waals surface area contributed by atoms with Crippen molar-refractivity contribution in [3.8, 4) is 5.75 Å². The number of carbonyl (C=O) groups excluding carboxylic acids is 1. The van der Waals surface area contributed by atoms with Gasteiger partial charge in [-0.1, -0.05) is 12.1 Å². The van der Waals surface area contributed by atoms with Gasteiger partial charge in [0.15, 0.2) is 5.17 Å². The average molecular weight is 604 g/mol. The van der Waals surface area contributed by atoms with E-state index in [4.69, 9.17) is 4.99 Å². The number of hydrogen-bond donors (Lipinski definition) is 1. The lowest BCUT2D eigenvalue weighted by Crippen LogP contribution is -2.28. The Morgan fingerprint density at radius 2 is 1.96 bits per heavy atom. The van der Waals surface area contributed by atoms with Gasteiger partial charge in [-0.2, -0.15) is 0 Å². The van der Waals surface area contributed by atoms with Crippen molar-refractivity contribution in [2.45, 2.75) is 20.8 Å². The Morgan fingerprint density at radius 1 is 1.22 bits per heavy atom. The highest BCUT2D eigenvalue weighted by molar-refractivity contribution is 14.1. The number of aliphatic imine (C=N–C) groups is 1. The molecule has 3 rings (SSSR count). The molecule has 27 heavy (non-hydrogen) atoms. The number of hydrogen-bond acceptors (Lipinski definition) is 4. The Kier molecular flexibility index (Phi) is 6.52. The molecule has 0 saturated carbocycles. The van der Waals surface area contributed by atoms with Crippen molar-refractivity contribution >= 4 is 79.8 Å². The molecule has 7 heteroatoms. The van der Waals surface area contributed by atoms with Crippen LogP contribution in [0.5, 0.6) is 5.75 Å². The third-order valence-electron chi connectivity index (χ3n) is 4.13. The molecular formula is C20H18I2N2O2S. The molecule has 0 spiro atoms. The Bertz CT molecular complexity index is 986. The molecule has 0 radical (unpaired) electrons. The minimum atomic E-state index is -0.0835. The van der Waals surface area contributed by atoms with Crippen LogP contribution in [0.1, 0.15) is 23.6 Å². The van der Waals surface area contributed by atoms with E-state index in [1.165, 1.54) is 11.8 Å². The Labute approximate surface area is 190 Å². The molecule has 4 nitrogen and oxygen atoms in total. The van der Waals surface area contributed by atoms with E-state index in [9.17, 15) is 9.90 Å². The van der Waals surface area contributed by atoms with Gasteiger partial charge in [0.1, 0.15) is 5.75 Å². The van der Waals surface area contributed by atoms with E-state index in [1.807, 2.05) is 45.0 Å². The summed E-state index contributed by atoms with van der Waals surface area (Å²) in [6, 6.07) is 9.88. The lowest BCUT2D eigenvalue weighted by atomic mass is 10.1. The number of likely N-dealkylation sites (N-methyl/N-ethyl adjacent to an activating group) is 1. The molecule has 2 aromatic carbocycles. The highest BCUT2D eigenvalue weighted by Crippen LogP contribution is 2.37. The van der Waals surface area contributed by atoms with Gasteiger partial charge in [-0.15, -0.1) is 0 Å². The van der Waals surface area contributed by atoms with Crippen LogP contribution < -0.4 is 0 Å². The van der Waals surface area contributed by atoms with Crippen LogP contribution in [0.4, 0.5) is 5.69 Å². The quantitative estimate of drug-likeness (QED) is 0.354. The summed E-state index contributed by atoms with van der Waals surface area (Å²) in [4.78, 5) is 19.8. The summed E-state index contributed by atoms with van der Waals surface area (Å²) in [6.07, 6.45) is 1.75. The van der Waals surface area contributed by atoms with E-state index in [1.54, 1.807) is 11.0 Å². The van der Waals surface area contributed by atoms with Crippen LogP contribution in [0, 0.1) is 21.0 Å².